The summed E-state index contributed by atoms with van der Waals surface area (Å²) < 4.78 is 6.75. The molecule has 2 heteroatoms. The van der Waals surface area contributed by atoms with Crippen molar-refractivity contribution in [3.8, 4) is 28.4 Å². The van der Waals surface area contributed by atoms with Crippen molar-refractivity contribution in [3.63, 3.8) is 0 Å². The van der Waals surface area contributed by atoms with Gasteiger partial charge in [-0.1, -0.05) is 109 Å². The number of aromatic hydroxyl groups is 1. The second kappa shape index (κ2) is 8.00. The fraction of sp³-hybridized carbons (Fsp3) is 0.0588. The molecule has 0 fully saturated rings. The van der Waals surface area contributed by atoms with Crippen LogP contribution in [0, 0.1) is 6.92 Å². The van der Waals surface area contributed by atoms with Crippen LogP contribution in [0.15, 0.2) is 115 Å². The SMILES string of the molecule is Cc1cccc2c3c(ccc12)C(c1ccc(-c2ccccc2)cc1)c1ccc2c(O)cccc2c1O3. The van der Waals surface area contributed by atoms with Crippen molar-refractivity contribution in [2.75, 3.05) is 0 Å². The van der Waals surface area contributed by atoms with Gasteiger partial charge in [-0.15, -0.1) is 0 Å². The molecule has 0 spiro atoms. The molecule has 0 amide bonds. The third-order valence-electron chi connectivity index (χ3n) is 7.46. The van der Waals surface area contributed by atoms with Gasteiger partial charge >= 0.3 is 0 Å². The van der Waals surface area contributed by atoms with E-state index in [1.54, 1.807) is 6.07 Å². The molecule has 1 heterocycles. The van der Waals surface area contributed by atoms with Gasteiger partial charge in [0.15, 0.2) is 0 Å². The molecule has 1 unspecified atom stereocenters. The van der Waals surface area contributed by atoms with E-state index in [2.05, 4.69) is 91.9 Å². The van der Waals surface area contributed by atoms with Crippen LogP contribution in [0.25, 0.3) is 32.7 Å². The summed E-state index contributed by atoms with van der Waals surface area (Å²) in [4.78, 5) is 0. The Morgan fingerprint density at radius 1 is 0.528 bits per heavy atom. The van der Waals surface area contributed by atoms with Crippen molar-refractivity contribution < 1.29 is 9.84 Å². The molecule has 0 saturated carbocycles. The van der Waals surface area contributed by atoms with Crippen LogP contribution < -0.4 is 4.74 Å². The van der Waals surface area contributed by atoms with E-state index >= 15 is 0 Å². The summed E-state index contributed by atoms with van der Waals surface area (Å²) in [5, 5.41) is 14.6. The highest BCUT2D eigenvalue weighted by atomic mass is 16.5. The van der Waals surface area contributed by atoms with E-state index in [0.717, 1.165) is 38.8 Å². The quantitative estimate of drug-likeness (QED) is 0.277. The average molecular weight is 465 g/mol. The second-order valence-corrected chi connectivity index (χ2v) is 9.53. The lowest BCUT2D eigenvalue weighted by atomic mass is 9.80. The summed E-state index contributed by atoms with van der Waals surface area (Å²) in [6.45, 7) is 2.14. The first kappa shape index (κ1) is 20.8. The molecule has 0 radical (unpaired) electrons. The molecule has 36 heavy (non-hydrogen) atoms. The smallest absolute Gasteiger partial charge is 0.139 e. The van der Waals surface area contributed by atoms with Crippen molar-refractivity contribution in [2.24, 2.45) is 0 Å². The largest absolute Gasteiger partial charge is 0.507 e. The van der Waals surface area contributed by atoms with E-state index in [-0.39, 0.29) is 11.7 Å². The number of benzene rings is 6. The van der Waals surface area contributed by atoms with E-state index in [1.165, 1.54) is 27.6 Å². The number of rotatable bonds is 2. The Labute approximate surface area is 210 Å². The molecule has 7 rings (SSSR count). The third-order valence-corrected chi connectivity index (χ3v) is 7.46. The Balaban J connectivity index is 1.48. The normalized spacial score (nSPS) is 14.3. The number of hydrogen-bond acceptors (Lipinski definition) is 2. The predicted molar refractivity (Wildman–Crippen MR) is 147 cm³/mol. The highest BCUT2D eigenvalue weighted by molar-refractivity contribution is 5.98. The van der Waals surface area contributed by atoms with Gasteiger partial charge in [-0.3, -0.25) is 0 Å². The van der Waals surface area contributed by atoms with E-state index in [9.17, 15) is 5.11 Å². The third kappa shape index (κ3) is 3.11. The van der Waals surface area contributed by atoms with E-state index in [1.807, 2.05) is 24.3 Å². The molecular weight excluding hydrogens is 440 g/mol. The molecule has 172 valence electrons. The van der Waals surface area contributed by atoms with Gasteiger partial charge in [0.25, 0.3) is 0 Å². The summed E-state index contributed by atoms with van der Waals surface area (Å²) in [7, 11) is 0. The van der Waals surface area contributed by atoms with E-state index in [0.29, 0.717) is 0 Å². The first-order valence-electron chi connectivity index (χ1n) is 12.3. The minimum atomic E-state index is 0.0187. The summed E-state index contributed by atoms with van der Waals surface area (Å²) in [5.74, 6) is 2.01. The maximum Gasteiger partial charge on any atom is 0.139 e. The van der Waals surface area contributed by atoms with Gasteiger partial charge in [0.1, 0.15) is 17.2 Å². The molecule has 2 nitrogen and oxygen atoms in total. The number of phenols is 1. The number of fused-ring (bicyclic) bond motifs is 6. The molecule has 1 aliphatic heterocycles. The van der Waals surface area contributed by atoms with Crippen molar-refractivity contribution in [1.82, 2.24) is 0 Å². The lowest BCUT2D eigenvalue weighted by Gasteiger charge is -2.31. The van der Waals surface area contributed by atoms with Gasteiger partial charge in [-0.05, 0) is 40.6 Å². The molecule has 0 bridgehead atoms. The van der Waals surface area contributed by atoms with Gasteiger partial charge < -0.3 is 9.84 Å². The monoisotopic (exact) mass is 464 g/mol. The zero-order chi connectivity index (χ0) is 24.2. The van der Waals surface area contributed by atoms with Crippen LogP contribution in [0.1, 0.15) is 28.2 Å². The highest BCUT2D eigenvalue weighted by Gasteiger charge is 2.31. The van der Waals surface area contributed by atoms with Crippen molar-refractivity contribution in [2.45, 2.75) is 12.8 Å². The van der Waals surface area contributed by atoms with Crippen molar-refractivity contribution in [1.29, 1.82) is 0 Å². The zero-order valence-electron chi connectivity index (χ0n) is 19.9. The van der Waals surface area contributed by atoms with Crippen LogP contribution in [0.4, 0.5) is 0 Å². The van der Waals surface area contributed by atoms with Crippen LogP contribution >= 0.6 is 0 Å². The number of ether oxygens (including phenoxy) is 1. The Hall–Kier alpha value is -4.56. The Kier molecular flexibility index (Phi) is 4.62. The highest BCUT2D eigenvalue weighted by Crippen LogP contribution is 2.52. The van der Waals surface area contributed by atoms with Gasteiger partial charge in [0.05, 0.1) is 0 Å². The maximum absolute atomic E-state index is 10.5. The van der Waals surface area contributed by atoms with Crippen LogP contribution in [-0.4, -0.2) is 5.11 Å². The van der Waals surface area contributed by atoms with Crippen molar-refractivity contribution >= 4 is 21.5 Å². The first-order chi connectivity index (χ1) is 17.7. The summed E-state index contributed by atoms with van der Waals surface area (Å²) in [6, 6.07) is 39.9. The average Bonchev–Trinajstić information content (AvgIpc) is 2.93. The molecular formula is C34H24O2. The van der Waals surface area contributed by atoms with Crippen LogP contribution in [0.2, 0.25) is 0 Å². The Morgan fingerprint density at radius 2 is 1.14 bits per heavy atom. The number of phenolic OH excluding ortho intramolecular Hbond substituents is 1. The minimum Gasteiger partial charge on any atom is -0.507 e. The fourth-order valence-corrected chi connectivity index (χ4v) is 5.64. The van der Waals surface area contributed by atoms with E-state index in [4.69, 9.17) is 4.74 Å². The number of aryl methyl sites for hydroxylation is 1. The summed E-state index contributed by atoms with van der Waals surface area (Å²) in [5.41, 5.74) is 7.12. The summed E-state index contributed by atoms with van der Waals surface area (Å²) >= 11 is 0. The maximum atomic E-state index is 10.5. The van der Waals surface area contributed by atoms with Gasteiger partial charge in [-0.2, -0.15) is 0 Å². The Bertz CT molecular complexity index is 1670. The van der Waals surface area contributed by atoms with E-state index < -0.39 is 0 Å². The zero-order valence-corrected chi connectivity index (χ0v) is 19.9. The molecule has 1 atom stereocenters. The van der Waals surface area contributed by atoms with Crippen LogP contribution in [-0.2, 0) is 0 Å². The van der Waals surface area contributed by atoms with Crippen LogP contribution in [0.5, 0.6) is 17.2 Å². The fourth-order valence-electron chi connectivity index (χ4n) is 5.64. The predicted octanol–water partition coefficient (Wildman–Crippen LogP) is 8.96. The van der Waals surface area contributed by atoms with Crippen molar-refractivity contribution in [3.05, 3.63) is 138 Å². The molecule has 1 N–H and O–H groups in total. The minimum absolute atomic E-state index is 0.0187. The van der Waals surface area contributed by atoms with Gasteiger partial charge in [0.2, 0.25) is 0 Å². The molecule has 0 aliphatic carbocycles. The lowest BCUT2D eigenvalue weighted by molar-refractivity contribution is 0.462. The number of hydrogen-bond donors (Lipinski definition) is 1. The molecule has 6 aromatic rings. The molecule has 0 saturated heterocycles. The second-order valence-electron chi connectivity index (χ2n) is 9.53. The molecule has 0 aromatic heterocycles. The topological polar surface area (TPSA) is 29.5 Å². The lowest BCUT2D eigenvalue weighted by Crippen LogP contribution is -2.12. The molecule has 1 aliphatic rings. The Morgan fingerprint density at radius 3 is 1.86 bits per heavy atom. The van der Waals surface area contributed by atoms with Gasteiger partial charge in [-0.25, -0.2) is 0 Å². The summed E-state index contributed by atoms with van der Waals surface area (Å²) in [6.07, 6.45) is 0. The van der Waals surface area contributed by atoms with Crippen LogP contribution in [0.3, 0.4) is 0 Å². The van der Waals surface area contributed by atoms with Gasteiger partial charge in [0, 0.05) is 33.2 Å². The standard InChI is InChI=1S/C34H24O2/c1-21-7-5-10-27-25(21)17-19-29-32(24-15-13-23(14-16-24)22-8-3-2-4-9-22)30-20-18-26-28(11-6-12-31(26)35)34(30)36-33(27)29/h2-20,32,35H,1H3. The first-order valence-corrected chi connectivity index (χ1v) is 12.3. The molecule has 6 aromatic carbocycles.